The average molecular weight is 519 g/mol. The highest BCUT2D eigenvalue weighted by molar-refractivity contribution is 6.03. The quantitative estimate of drug-likeness (QED) is 0.291. The summed E-state index contributed by atoms with van der Waals surface area (Å²) in [6.45, 7) is 6.68. The van der Waals surface area contributed by atoms with Gasteiger partial charge in [-0.15, -0.1) is 0 Å². The largest absolute Gasteiger partial charge is 0.492 e. The molecule has 7 heteroatoms. The first-order valence-electron chi connectivity index (χ1n) is 13.4. The van der Waals surface area contributed by atoms with Gasteiger partial charge in [0.2, 0.25) is 11.7 Å². The Kier molecular flexibility index (Phi) is 5.45. The molecule has 5 aromatic rings. The van der Waals surface area contributed by atoms with Gasteiger partial charge in [0.1, 0.15) is 5.75 Å². The van der Waals surface area contributed by atoms with Gasteiger partial charge in [0.25, 0.3) is 5.91 Å². The number of carbonyl (C=O) groups excluding carboxylic acids is 1. The lowest BCUT2D eigenvalue weighted by molar-refractivity contribution is 0.0965. The van der Waals surface area contributed by atoms with Gasteiger partial charge in [-0.3, -0.25) is 9.36 Å². The van der Waals surface area contributed by atoms with Gasteiger partial charge in [0.05, 0.1) is 12.1 Å². The highest BCUT2D eigenvalue weighted by Crippen LogP contribution is 2.47. The van der Waals surface area contributed by atoms with Gasteiger partial charge in [-0.05, 0) is 86.9 Å². The van der Waals surface area contributed by atoms with Gasteiger partial charge in [-0.1, -0.05) is 35.5 Å². The fraction of sp³-hybridized carbons (Fsp3) is 0.281. The molecule has 7 nitrogen and oxygen atoms in total. The Morgan fingerprint density at radius 1 is 0.949 bits per heavy atom. The number of nitrogens with zero attached hydrogens (tertiary/aromatic N) is 4. The summed E-state index contributed by atoms with van der Waals surface area (Å²) in [7, 11) is 2.18. The Morgan fingerprint density at radius 2 is 1.72 bits per heavy atom. The van der Waals surface area contributed by atoms with Crippen LogP contribution in [0.4, 0.5) is 0 Å². The number of rotatable bonds is 3. The first kappa shape index (κ1) is 23.9. The molecule has 0 radical (unpaired) electrons. The molecule has 0 amide bonds. The SMILES string of the molecule is Cc1nc(-c2ccc(-c3ccc(C(=O)n4ccc5cc6c(cc54)C4(CCN(C)CC4)CO6)cc3C)cc2)no1. The lowest BCUT2D eigenvalue weighted by Crippen LogP contribution is -2.41. The molecular formula is C32H30N4O3. The Bertz CT molecular complexity index is 1720. The number of benzene rings is 3. The van der Waals surface area contributed by atoms with Gasteiger partial charge in [0, 0.05) is 40.6 Å². The third-order valence-corrected chi connectivity index (χ3v) is 8.48. The van der Waals surface area contributed by atoms with Crippen molar-refractivity contribution in [1.82, 2.24) is 19.6 Å². The predicted octanol–water partition coefficient (Wildman–Crippen LogP) is 6.02. The number of hydrogen-bond acceptors (Lipinski definition) is 6. The van der Waals surface area contributed by atoms with Crippen LogP contribution in [0, 0.1) is 13.8 Å². The maximum absolute atomic E-state index is 13.7. The summed E-state index contributed by atoms with van der Waals surface area (Å²) >= 11 is 0. The highest BCUT2D eigenvalue weighted by atomic mass is 16.5. The van der Waals surface area contributed by atoms with Crippen LogP contribution in [0.15, 0.2) is 71.4 Å². The molecule has 7 rings (SSSR count). The van der Waals surface area contributed by atoms with Crippen LogP contribution in [0.2, 0.25) is 0 Å². The van der Waals surface area contributed by atoms with Crippen LogP contribution in [-0.2, 0) is 5.41 Å². The monoisotopic (exact) mass is 518 g/mol. The molecule has 4 heterocycles. The third kappa shape index (κ3) is 3.96. The molecule has 0 atom stereocenters. The third-order valence-electron chi connectivity index (χ3n) is 8.48. The normalized spacial score (nSPS) is 16.5. The van der Waals surface area contributed by atoms with Crippen LogP contribution >= 0.6 is 0 Å². The minimum atomic E-state index is -0.0289. The fourth-order valence-corrected chi connectivity index (χ4v) is 6.10. The fourth-order valence-electron chi connectivity index (χ4n) is 6.10. The Balaban J connectivity index is 1.19. The summed E-state index contributed by atoms with van der Waals surface area (Å²) in [5.74, 6) is 2.06. The molecular weight excluding hydrogens is 488 g/mol. The van der Waals surface area contributed by atoms with E-state index in [0.717, 1.165) is 71.4 Å². The molecule has 2 aliphatic heterocycles. The van der Waals surface area contributed by atoms with Crippen molar-refractivity contribution in [3.05, 3.63) is 89.4 Å². The molecule has 3 aromatic carbocycles. The van der Waals surface area contributed by atoms with E-state index in [9.17, 15) is 4.79 Å². The number of fused-ring (bicyclic) bond motifs is 3. The van der Waals surface area contributed by atoms with Gasteiger partial charge >= 0.3 is 0 Å². The van der Waals surface area contributed by atoms with Crippen LogP contribution in [-0.4, -0.2) is 52.3 Å². The van der Waals surface area contributed by atoms with Crippen molar-refractivity contribution >= 4 is 16.8 Å². The van der Waals surface area contributed by atoms with Gasteiger partial charge in [0.15, 0.2) is 0 Å². The molecule has 0 saturated carbocycles. The van der Waals surface area contributed by atoms with E-state index in [4.69, 9.17) is 9.26 Å². The molecule has 0 N–H and O–H groups in total. The van der Waals surface area contributed by atoms with E-state index in [0.29, 0.717) is 17.3 Å². The minimum absolute atomic E-state index is 0.0289. The van der Waals surface area contributed by atoms with E-state index in [-0.39, 0.29) is 11.3 Å². The van der Waals surface area contributed by atoms with E-state index in [1.54, 1.807) is 11.5 Å². The predicted molar refractivity (Wildman–Crippen MR) is 150 cm³/mol. The first-order valence-corrected chi connectivity index (χ1v) is 13.4. The average Bonchev–Trinajstić information content (AvgIpc) is 3.66. The standard InChI is InChI=1S/C32H30N4O3/c1-20-16-25(8-9-26(20)22-4-6-23(7-5-22)30-33-21(2)39-34-30)31(37)36-13-10-24-17-29-27(18-28(24)36)32(19-38-29)11-14-35(3)15-12-32/h4-10,13,16-18H,11-12,14-15,19H2,1-3H3. The molecule has 2 aliphatic rings. The summed E-state index contributed by atoms with van der Waals surface area (Å²) in [5, 5.41) is 5.02. The molecule has 196 valence electrons. The second-order valence-electron chi connectivity index (χ2n) is 11.0. The van der Waals surface area contributed by atoms with E-state index >= 15 is 0 Å². The van der Waals surface area contributed by atoms with Gasteiger partial charge in [-0.2, -0.15) is 4.98 Å². The zero-order valence-corrected chi connectivity index (χ0v) is 22.4. The van der Waals surface area contributed by atoms with Crippen LogP contribution in [0.3, 0.4) is 0 Å². The van der Waals surface area contributed by atoms with Crippen molar-refractivity contribution in [1.29, 1.82) is 0 Å². The van der Waals surface area contributed by atoms with Crippen LogP contribution in [0.1, 0.15) is 40.2 Å². The Morgan fingerprint density at radius 3 is 2.44 bits per heavy atom. The Labute approximate surface area is 227 Å². The smallest absolute Gasteiger partial charge is 0.262 e. The lowest BCUT2D eigenvalue weighted by atomic mass is 9.74. The molecule has 1 spiro atoms. The van der Waals surface area contributed by atoms with Crippen LogP contribution in [0.25, 0.3) is 33.4 Å². The minimum Gasteiger partial charge on any atom is -0.492 e. The number of aryl methyl sites for hydroxylation is 2. The second kappa shape index (κ2) is 8.92. The molecule has 1 fully saturated rings. The lowest BCUT2D eigenvalue weighted by Gasteiger charge is -2.36. The number of aromatic nitrogens is 3. The summed E-state index contributed by atoms with van der Waals surface area (Å²) < 4.78 is 13.1. The number of carbonyl (C=O) groups is 1. The first-order chi connectivity index (χ1) is 18.9. The zero-order chi connectivity index (χ0) is 26.7. The number of ether oxygens (including phenoxy) is 1. The van der Waals surface area contributed by atoms with E-state index in [1.165, 1.54) is 5.56 Å². The number of likely N-dealkylation sites (tertiary alicyclic amines) is 1. The Hall–Kier alpha value is -4.23. The van der Waals surface area contributed by atoms with Crippen LogP contribution in [0.5, 0.6) is 5.75 Å². The topological polar surface area (TPSA) is 73.4 Å². The van der Waals surface area contributed by atoms with Crippen molar-refractivity contribution in [2.75, 3.05) is 26.7 Å². The molecule has 0 unspecified atom stereocenters. The molecule has 39 heavy (non-hydrogen) atoms. The van der Waals surface area contributed by atoms with Crippen molar-refractivity contribution in [3.8, 4) is 28.3 Å². The summed E-state index contributed by atoms with van der Waals surface area (Å²) in [4.78, 5) is 20.4. The van der Waals surface area contributed by atoms with Gasteiger partial charge < -0.3 is 14.2 Å². The van der Waals surface area contributed by atoms with Crippen molar-refractivity contribution in [2.45, 2.75) is 32.1 Å². The highest BCUT2D eigenvalue weighted by Gasteiger charge is 2.43. The van der Waals surface area contributed by atoms with E-state index in [1.807, 2.05) is 61.7 Å². The molecule has 0 bridgehead atoms. The zero-order valence-electron chi connectivity index (χ0n) is 22.4. The van der Waals surface area contributed by atoms with Crippen molar-refractivity contribution < 1.29 is 14.1 Å². The number of hydrogen-bond donors (Lipinski definition) is 0. The maximum Gasteiger partial charge on any atom is 0.262 e. The van der Waals surface area contributed by atoms with Crippen LogP contribution < -0.4 is 4.74 Å². The maximum atomic E-state index is 13.7. The second-order valence-corrected chi connectivity index (χ2v) is 11.0. The van der Waals surface area contributed by atoms with Crippen molar-refractivity contribution in [2.24, 2.45) is 0 Å². The van der Waals surface area contributed by atoms with Gasteiger partial charge in [-0.25, -0.2) is 0 Å². The molecule has 2 aromatic heterocycles. The van der Waals surface area contributed by atoms with E-state index in [2.05, 4.69) is 34.2 Å². The van der Waals surface area contributed by atoms with E-state index < -0.39 is 0 Å². The summed E-state index contributed by atoms with van der Waals surface area (Å²) in [5.41, 5.74) is 7.00. The summed E-state index contributed by atoms with van der Waals surface area (Å²) in [6, 6.07) is 20.3. The molecule has 0 aliphatic carbocycles. The summed E-state index contributed by atoms with van der Waals surface area (Å²) in [6.07, 6.45) is 4.03. The molecule has 1 saturated heterocycles. The van der Waals surface area contributed by atoms with Crippen molar-refractivity contribution in [3.63, 3.8) is 0 Å². The number of piperidine rings is 1.